The number of nitrogens with zero attached hydrogens (tertiary/aromatic N) is 3. The first-order chi connectivity index (χ1) is 9.36. The van der Waals surface area contributed by atoms with Crippen molar-refractivity contribution in [3.63, 3.8) is 0 Å². The van der Waals surface area contributed by atoms with Gasteiger partial charge in [-0.25, -0.2) is 9.97 Å². The van der Waals surface area contributed by atoms with Crippen LogP contribution in [0.15, 0.2) is 18.6 Å². The molecule has 3 rings (SSSR count). The minimum atomic E-state index is 0.708. The Hall–Kier alpha value is -1.43. The van der Waals surface area contributed by atoms with Crippen LogP contribution in [0.25, 0.3) is 5.65 Å². The minimum Gasteiger partial charge on any atom is -0.369 e. The van der Waals surface area contributed by atoms with Gasteiger partial charge >= 0.3 is 0 Å². The van der Waals surface area contributed by atoms with Gasteiger partial charge in [0.15, 0.2) is 11.5 Å². The molecular formula is C13H19N5S. The molecule has 1 atom stereocenters. The Bertz CT molecular complexity index is 547. The van der Waals surface area contributed by atoms with E-state index >= 15 is 0 Å². The Morgan fingerprint density at radius 1 is 1.47 bits per heavy atom. The van der Waals surface area contributed by atoms with Crippen molar-refractivity contribution in [2.24, 2.45) is 0 Å². The number of aromatic nitrogens is 3. The summed E-state index contributed by atoms with van der Waals surface area (Å²) in [5.74, 6) is 3.04. The molecule has 0 amide bonds. The van der Waals surface area contributed by atoms with Gasteiger partial charge in [0.25, 0.3) is 0 Å². The van der Waals surface area contributed by atoms with Crippen molar-refractivity contribution in [1.82, 2.24) is 14.4 Å². The molecule has 3 heterocycles. The van der Waals surface area contributed by atoms with Crippen molar-refractivity contribution in [3.05, 3.63) is 18.6 Å². The smallest absolute Gasteiger partial charge is 0.180 e. The molecule has 0 radical (unpaired) electrons. The van der Waals surface area contributed by atoms with E-state index < -0.39 is 0 Å². The Morgan fingerprint density at radius 2 is 2.42 bits per heavy atom. The van der Waals surface area contributed by atoms with E-state index in [1.165, 1.54) is 18.6 Å². The van der Waals surface area contributed by atoms with Gasteiger partial charge in [0, 0.05) is 30.7 Å². The van der Waals surface area contributed by atoms with E-state index in [4.69, 9.17) is 0 Å². The van der Waals surface area contributed by atoms with Crippen LogP contribution >= 0.6 is 11.8 Å². The average molecular weight is 277 g/mol. The highest BCUT2D eigenvalue weighted by Crippen LogP contribution is 2.26. The lowest BCUT2D eigenvalue weighted by Gasteiger charge is -2.13. The number of fused-ring (bicyclic) bond motifs is 1. The van der Waals surface area contributed by atoms with Gasteiger partial charge in [0.1, 0.15) is 5.82 Å². The summed E-state index contributed by atoms with van der Waals surface area (Å²) in [5.41, 5.74) is 0.893. The highest BCUT2D eigenvalue weighted by Gasteiger charge is 2.16. The number of hydrogen-bond donors (Lipinski definition) is 2. The molecule has 1 saturated heterocycles. The first-order valence-electron chi connectivity index (χ1n) is 6.80. The zero-order valence-corrected chi connectivity index (χ0v) is 11.9. The third kappa shape index (κ3) is 2.78. The molecule has 2 N–H and O–H groups in total. The van der Waals surface area contributed by atoms with E-state index in [1.807, 2.05) is 23.0 Å². The summed E-state index contributed by atoms with van der Waals surface area (Å²) < 4.78 is 2.01. The molecule has 102 valence electrons. The summed E-state index contributed by atoms with van der Waals surface area (Å²) in [6.07, 6.45) is 8.37. The van der Waals surface area contributed by atoms with Crippen molar-refractivity contribution in [2.45, 2.75) is 25.0 Å². The average Bonchev–Trinajstić information content (AvgIpc) is 3.07. The van der Waals surface area contributed by atoms with E-state index in [2.05, 4.69) is 39.3 Å². The summed E-state index contributed by atoms with van der Waals surface area (Å²) in [7, 11) is 0. The van der Waals surface area contributed by atoms with Crippen molar-refractivity contribution in [1.29, 1.82) is 0 Å². The van der Waals surface area contributed by atoms with E-state index in [0.717, 1.165) is 30.4 Å². The zero-order valence-electron chi connectivity index (χ0n) is 11.1. The highest BCUT2D eigenvalue weighted by molar-refractivity contribution is 8.00. The van der Waals surface area contributed by atoms with E-state index in [0.29, 0.717) is 5.25 Å². The van der Waals surface area contributed by atoms with E-state index in [-0.39, 0.29) is 0 Å². The predicted molar refractivity (Wildman–Crippen MR) is 81.1 cm³/mol. The second-order valence-corrected chi connectivity index (χ2v) is 6.09. The summed E-state index contributed by atoms with van der Waals surface area (Å²) in [5, 5.41) is 7.42. The van der Waals surface area contributed by atoms with Crippen molar-refractivity contribution in [2.75, 3.05) is 29.5 Å². The topological polar surface area (TPSA) is 54.2 Å². The minimum absolute atomic E-state index is 0.708. The molecule has 6 heteroatoms. The fourth-order valence-corrected chi connectivity index (χ4v) is 3.53. The van der Waals surface area contributed by atoms with Crippen LogP contribution in [-0.4, -0.2) is 38.5 Å². The van der Waals surface area contributed by atoms with Gasteiger partial charge in [-0.05, 0) is 25.5 Å². The van der Waals surface area contributed by atoms with Crippen molar-refractivity contribution < 1.29 is 0 Å². The molecule has 2 aromatic heterocycles. The summed E-state index contributed by atoms with van der Waals surface area (Å²) in [6.45, 7) is 3.91. The molecule has 5 nitrogen and oxygen atoms in total. The highest BCUT2D eigenvalue weighted by atomic mass is 32.2. The van der Waals surface area contributed by atoms with Gasteiger partial charge in [0.05, 0.1) is 6.20 Å². The molecule has 2 aromatic rings. The van der Waals surface area contributed by atoms with Crippen LogP contribution in [0.1, 0.15) is 19.8 Å². The number of rotatable bonds is 5. The molecule has 0 aliphatic carbocycles. The molecule has 0 saturated carbocycles. The molecule has 1 aliphatic heterocycles. The molecular weight excluding hydrogens is 258 g/mol. The summed E-state index contributed by atoms with van der Waals surface area (Å²) in [6, 6.07) is 0. The zero-order chi connectivity index (χ0) is 13.1. The molecule has 0 spiro atoms. The number of nitrogens with one attached hydrogen (secondary N) is 2. The van der Waals surface area contributed by atoms with Crippen LogP contribution in [-0.2, 0) is 0 Å². The quantitative estimate of drug-likeness (QED) is 0.879. The third-order valence-electron chi connectivity index (χ3n) is 3.25. The lowest BCUT2D eigenvalue weighted by atomic mass is 10.2. The van der Waals surface area contributed by atoms with Crippen LogP contribution in [0.5, 0.6) is 0 Å². The SMILES string of the molecule is CCNc1cn2ccnc2c(NCC2CCCS2)n1. The van der Waals surface area contributed by atoms with E-state index in [1.54, 1.807) is 0 Å². The monoisotopic (exact) mass is 277 g/mol. The Balaban J connectivity index is 1.80. The first-order valence-corrected chi connectivity index (χ1v) is 7.84. The van der Waals surface area contributed by atoms with Crippen LogP contribution in [0.3, 0.4) is 0 Å². The Morgan fingerprint density at radius 3 is 3.21 bits per heavy atom. The van der Waals surface area contributed by atoms with E-state index in [9.17, 15) is 0 Å². The van der Waals surface area contributed by atoms with Gasteiger partial charge in [-0.3, -0.25) is 0 Å². The number of thioether (sulfide) groups is 1. The molecule has 0 bridgehead atoms. The molecule has 19 heavy (non-hydrogen) atoms. The maximum atomic E-state index is 4.61. The van der Waals surface area contributed by atoms with Gasteiger partial charge in [-0.1, -0.05) is 0 Å². The number of anilines is 2. The number of hydrogen-bond acceptors (Lipinski definition) is 5. The van der Waals surface area contributed by atoms with Crippen molar-refractivity contribution >= 4 is 29.0 Å². The van der Waals surface area contributed by atoms with Gasteiger partial charge in [-0.15, -0.1) is 0 Å². The molecule has 1 aliphatic rings. The normalized spacial score (nSPS) is 18.9. The van der Waals surface area contributed by atoms with Crippen LogP contribution in [0.4, 0.5) is 11.6 Å². The second-order valence-electron chi connectivity index (χ2n) is 4.68. The van der Waals surface area contributed by atoms with Gasteiger partial charge < -0.3 is 15.0 Å². The lowest BCUT2D eigenvalue weighted by molar-refractivity contribution is 0.803. The van der Waals surface area contributed by atoms with Gasteiger partial charge in [0.2, 0.25) is 0 Å². The summed E-state index contributed by atoms with van der Waals surface area (Å²) in [4.78, 5) is 8.98. The number of imidazole rings is 1. The molecule has 1 unspecified atom stereocenters. The van der Waals surface area contributed by atoms with Crippen molar-refractivity contribution in [3.8, 4) is 0 Å². The standard InChI is InChI=1S/C13H19N5S/c1-2-14-11-9-18-6-5-15-13(18)12(17-11)16-8-10-4-3-7-19-10/h5-6,9-10,14H,2-4,7-8H2,1H3,(H,16,17). The lowest BCUT2D eigenvalue weighted by Crippen LogP contribution is -2.16. The fraction of sp³-hybridized carbons (Fsp3) is 0.538. The maximum absolute atomic E-state index is 4.61. The largest absolute Gasteiger partial charge is 0.369 e. The van der Waals surface area contributed by atoms with Crippen LogP contribution < -0.4 is 10.6 Å². The van der Waals surface area contributed by atoms with Gasteiger partial charge in [-0.2, -0.15) is 11.8 Å². The Kier molecular flexibility index (Phi) is 3.77. The van der Waals surface area contributed by atoms with Crippen LogP contribution in [0, 0.1) is 0 Å². The summed E-state index contributed by atoms with van der Waals surface area (Å²) >= 11 is 2.05. The first kappa shape index (κ1) is 12.6. The van der Waals surface area contributed by atoms with Crippen LogP contribution in [0.2, 0.25) is 0 Å². The fourth-order valence-electron chi connectivity index (χ4n) is 2.33. The maximum Gasteiger partial charge on any atom is 0.180 e. The Labute approximate surface area is 117 Å². The second kappa shape index (κ2) is 5.69. The predicted octanol–water partition coefficient (Wildman–Crippen LogP) is 2.47. The molecule has 0 aromatic carbocycles. The third-order valence-corrected chi connectivity index (χ3v) is 4.65. The molecule has 1 fully saturated rings.